The van der Waals surface area contributed by atoms with Crippen LogP contribution < -0.4 is 0 Å². The first-order chi connectivity index (χ1) is 11.8. The molecule has 0 heterocycles. The highest BCUT2D eigenvalue weighted by Gasteiger charge is 1.91. The molecule has 0 N–H and O–H groups in total. The lowest BCUT2D eigenvalue weighted by Crippen LogP contribution is -1.86. The molecule has 0 saturated heterocycles. The lowest BCUT2D eigenvalue weighted by Gasteiger charge is -2.00. The molecule has 0 aromatic carbocycles. The summed E-state index contributed by atoms with van der Waals surface area (Å²) < 4.78 is 0. The lowest BCUT2D eigenvalue weighted by atomic mass is 10.1. The Morgan fingerprint density at radius 1 is 0.458 bits per heavy atom. The van der Waals surface area contributed by atoms with Crippen molar-refractivity contribution in [2.24, 2.45) is 0 Å². The van der Waals surface area contributed by atoms with Gasteiger partial charge >= 0.3 is 0 Å². The SMILES string of the molecule is CCCSCCCSCCC.SCCCCCCCCCCCS. The molecule has 24 heavy (non-hydrogen) atoms. The van der Waals surface area contributed by atoms with Gasteiger partial charge in [0.2, 0.25) is 0 Å². The third-order valence-corrected chi connectivity index (χ3v) is 6.77. The predicted octanol–water partition coefficient (Wildman–Crippen LogP) is 8.02. The Kier molecular flexibility index (Phi) is 33.6. The van der Waals surface area contributed by atoms with E-state index in [-0.39, 0.29) is 0 Å². The summed E-state index contributed by atoms with van der Waals surface area (Å²) in [4.78, 5) is 0. The fourth-order valence-electron chi connectivity index (χ4n) is 2.22. The lowest BCUT2D eigenvalue weighted by molar-refractivity contribution is 0.574. The molecule has 0 aliphatic rings. The van der Waals surface area contributed by atoms with E-state index < -0.39 is 0 Å². The summed E-state index contributed by atoms with van der Waals surface area (Å²) in [6, 6.07) is 0. The van der Waals surface area contributed by atoms with Crippen molar-refractivity contribution in [2.75, 3.05) is 34.5 Å². The van der Waals surface area contributed by atoms with Crippen molar-refractivity contribution in [3.63, 3.8) is 0 Å². The molecule has 0 amide bonds. The first-order valence-electron chi connectivity index (χ1n) is 10.2. The van der Waals surface area contributed by atoms with Gasteiger partial charge in [0, 0.05) is 0 Å². The number of hydrogen-bond donors (Lipinski definition) is 2. The highest BCUT2D eigenvalue weighted by molar-refractivity contribution is 8.00. The molecular formula is C20H44S4. The second-order valence-corrected chi connectivity index (χ2v) is 9.55. The maximum atomic E-state index is 4.20. The van der Waals surface area contributed by atoms with Crippen LogP contribution in [-0.4, -0.2) is 34.5 Å². The van der Waals surface area contributed by atoms with Crippen molar-refractivity contribution in [1.29, 1.82) is 0 Å². The van der Waals surface area contributed by atoms with Gasteiger partial charge in [-0.25, -0.2) is 0 Å². The summed E-state index contributed by atoms with van der Waals surface area (Å²) in [5.41, 5.74) is 0. The summed E-state index contributed by atoms with van der Waals surface area (Å²) in [6.07, 6.45) is 16.5. The third-order valence-electron chi connectivity index (χ3n) is 3.59. The Bertz CT molecular complexity index is 170. The zero-order valence-corrected chi connectivity index (χ0v) is 19.9. The molecule has 148 valence electrons. The van der Waals surface area contributed by atoms with Gasteiger partial charge in [0.05, 0.1) is 0 Å². The molecule has 0 atom stereocenters. The summed E-state index contributed by atoms with van der Waals surface area (Å²) in [7, 11) is 0. The zero-order chi connectivity index (χ0) is 18.1. The van der Waals surface area contributed by atoms with Gasteiger partial charge in [0.1, 0.15) is 0 Å². The normalized spacial score (nSPS) is 10.5. The average Bonchev–Trinajstić information content (AvgIpc) is 2.60. The van der Waals surface area contributed by atoms with E-state index >= 15 is 0 Å². The van der Waals surface area contributed by atoms with Crippen LogP contribution in [0.3, 0.4) is 0 Å². The maximum absolute atomic E-state index is 4.20. The van der Waals surface area contributed by atoms with Crippen LogP contribution in [-0.2, 0) is 0 Å². The maximum Gasteiger partial charge on any atom is -0.00597 e. The molecule has 0 aliphatic carbocycles. The van der Waals surface area contributed by atoms with Gasteiger partial charge in [-0.15, -0.1) is 0 Å². The predicted molar refractivity (Wildman–Crippen MR) is 129 cm³/mol. The molecule has 0 spiro atoms. The summed E-state index contributed by atoms with van der Waals surface area (Å²) in [6.45, 7) is 4.50. The molecule has 0 rings (SSSR count). The Morgan fingerprint density at radius 3 is 1.08 bits per heavy atom. The largest absolute Gasteiger partial charge is 0.179 e. The average molecular weight is 413 g/mol. The standard InChI is InChI=1S/C11H24S2.C9H20S2/c12-10-8-6-4-2-1-3-5-7-9-11-13;1-3-6-10-8-5-9-11-7-4-2/h12-13H,1-11H2;3-9H2,1-2H3. The molecule has 0 radical (unpaired) electrons. The van der Waals surface area contributed by atoms with Crippen LogP contribution in [0.5, 0.6) is 0 Å². The molecule has 0 aromatic heterocycles. The van der Waals surface area contributed by atoms with Gasteiger partial charge < -0.3 is 0 Å². The van der Waals surface area contributed by atoms with Gasteiger partial charge in [-0.1, -0.05) is 58.8 Å². The molecule has 0 nitrogen and oxygen atoms in total. The molecule has 0 bridgehead atoms. The van der Waals surface area contributed by atoms with Crippen LogP contribution >= 0.6 is 48.8 Å². The summed E-state index contributed by atoms with van der Waals surface area (Å²) >= 11 is 12.6. The first kappa shape index (κ1) is 27.6. The van der Waals surface area contributed by atoms with Gasteiger partial charge in [-0.3, -0.25) is 0 Å². The van der Waals surface area contributed by atoms with E-state index in [4.69, 9.17) is 0 Å². The van der Waals surface area contributed by atoms with E-state index in [0.717, 1.165) is 11.5 Å². The summed E-state index contributed by atoms with van der Waals surface area (Å²) in [5.74, 6) is 7.54. The molecule has 0 aromatic rings. The molecule has 0 fully saturated rings. The molecule has 0 unspecified atom stereocenters. The van der Waals surface area contributed by atoms with Crippen molar-refractivity contribution in [1.82, 2.24) is 0 Å². The van der Waals surface area contributed by atoms with Crippen molar-refractivity contribution in [3.8, 4) is 0 Å². The molecule has 0 aliphatic heterocycles. The second kappa shape index (κ2) is 29.2. The van der Waals surface area contributed by atoms with E-state index in [0.29, 0.717) is 0 Å². The van der Waals surface area contributed by atoms with Gasteiger partial charge in [-0.2, -0.15) is 48.8 Å². The number of unbranched alkanes of at least 4 members (excludes halogenated alkanes) is 8. The monoisotopic (exact) mass is 412 g/mol. The van der Waals surface area contributed by atoms with E-state index in [1.165, 1.54) is 100 Å². The highest BCUT2D eigenvalue weighted by Crippen LogP contribution is 2.10. The Balaban J connectivity index is 0. The number of thioether (sulfide) groups is 2. The van der Waals surface area contributed by atoms with Crippen LogP contribution in [0, 0.1) is 0 Å². The van der Waals surface area contributed by atoms with E-state index in [9.17, 15) is 0 Å². The molecule has 0 saturated carbocycles. The van der Waals surface area contributed by atoms with Crippen LogP contribution in [0.2, 0.25) is 0 Å². The fourth-order valence-corrected chi connectivity index (χ4v) is 4.53. The van der Waals surface area contributed by atoms with E-state index in [2.05, 4.69) is 62.6 Å². The number of hydrogen-bond acceptors (Lipinski definition) is 4. The number of thiol groups is 2. The quantitative estimate of drug-likeness (QED) is 0.173. The van der Waals surface area contributed by atoms with E-state index in [1.807, 2.05) is 0 Å². The molecular weight excluding hydrogens is 368 g/mol. The smallest absolute Gasteiger partial charge is 0.00597 e. The summed E-state index contributed by atoms with van der Waals surface area (Å²) in [5, 5.41) is 0. The fraction of sp³-hybridized carbons (Fsp3) is 1.00. The first-order valence-corrected chi connectivity index (χ1v) is 13.8. The van der Waals surface area contributed by atoms with Gasteiger partial charge in [-0.05, 0) is 66.6 Å². The molecule has 4 heteroatoms. The Labute approximate surface area is 173 Å². The van der Waals surface area contributed by atoms with Crippen LogP contribution in [0.15, 0.2) is 0 Å². The number of rotatable bonds is 18. The highest BCUT2D eigenvalue weighted by atomic mass is 32.2. The van der Waals surface area contributed by atoms with E-state index in [1.54, 1.807) is 0 Å². The van der Waals surface area contributed by atoms with Crippen LogP contribution in [0.25, 0.3) is 0 Å². The van der Waals surface area contributed by atoms with Gasteiger partial charge in [0.15, 0.2) is 0 Å². The van der Waals surface area contributed by atoms with Crippen LogP contribution in [0.4, 0.5) is 0 Å². The topological polar surface area (TPSA) is 0 Å². The zero-order valence-electron chi connectivity index (χ0n) is 16.4. The second-order valence-electron chi connectivity index (χ2n) is 6.21. The Morgan fingerprint density at radius 2 is 0.792 bits per heavy atom. The van der Waals surface area contributed by atoms with Crippen molar-refractivity contribution >= 4 is 48.8 Å². The van der Waals surface area contributed by atoms with Crippen molar-refractivity contribution in [2.45, 2.75) is 90.9 Å². The third kappa shape index (κ3) is 31.2. The Hall–Kier alpha value is 1.40. The van der Waals surface area contributed by atoms with Crippen molar-refractivity contribution in [3.05, 3.63) is 0 Å². The van der Waals surface area contributed by atoms with Crippen LogP contribution in [0.1, 0.15) is 90.9 Å². The minimum atomic E-state index is 1.06. The minimum Gasteiger partial charge on any atom is -0.179 e. The van der Waals surface area contributed by atoms with Crippen molar-refractivity contribution < 1.29 is 0 Å². The minimum absolute atomic E-state index is 1.06. The van der Waals surface area contributed by atoms with Gasteiger partial charge in [0.25, 0.3) is 0 Å².